The van der Waals surface area contributed by atoms with E-state index in [2.05, 4.69) is 4.74 Å². The molecule has 0 bridgehead atoms. The van der Waals surface area contributed by atoms with Crippen molar-refractivity contribution in [1.82, 2.24) is 0 Å². The molecule has 6 nitrogen and oxygen atoms in total. The predicted octanol–water partition coefficient (Wildman–Crippen LogP) is 1.85. The lowest BCUT2D eigenvalue weighted by atomic mass is 10.1. The first kappa shape index (κ1) is 17.3. The number of ether oxygens (including phenoxy) is 1. The topological polar surface area (TPSA) is 97.7 Å². The van der Waals surface area contributed by atoms with Gasteiger partial charge in [0.15, 0.2) is 0 Å². The van der Waals surface area contributed by atoms with E-state index in [1.54, 1.807) is 0 Å². The Bertz CT molecular complexity index is 310. The highest BCUT2D eigenvalue weighted by Crippen LogP contribution is 2.06. The fourth-order valence-corrected chi connectivity index (χ4v) is 1.45. The average Bonchev–Trinajstić information content (AvgIpc) is 2.34. The lowest BCUT2D eigenvalue weighted by Gasteiger charge is -2.02. The predicted molar refractivity (Wildman–Crippen MR) is 66.4 cm³/mol. The second kappa shape index (κ2) is 11.4. The molecular weight excluding hydrogens is 252 g/mol. The number of esters is 2. The van der Waals surface area contributed by atoms with Crippen LogP contribution >= 0.6 is 0 Å². The number of carboxylic acid groups (broad SMARTS) is 1. The van der Waals surface area contributed by atoms with Crippen LogP contribution in [0, 0.1) is 0 Å². The molecule has 0 spiro atoms. The van der Waals surface area contributed by atoms with Crippen molar-refractivity contribution in [3.05, 3.63) is 0 Å². The van der Waals surface area contributed by atoms with Gasteiger partial charge in [-0.2, -0.15) is 0 Å². The molecule has 108 valence electrons. The summed E-state index contributed by atoms with van der Waals surface area (Å²) in [7, 11) is 0. The molecule has 1 N–H and O–H groups in total. The number of carboxylic acids is 1. The van der Waals surface area contributed by atoms with E-state index >= 15 is 0 Å². The molecule has 0 rings (SSSR count). The van der Waals surface area contributed by atoms with Crippen LogP contribution in [0.4, 0.5) is 0 Å². The first-order chi connectivity index (χ1) is 9.06. The molecule has 0 aliphatic heterocycles. The number of hydrogen-bond donors (Lipinski definition) is 1. The number of aldehydes is 1. The normalized spacial score (nSPS) is 9.89. The Morgan fingerprint density at radius 1 is 0.842 bits per heavy atom. The van der Waals surface area contributed by atoms with Crippen molar-refractivity contribution in [3.63, 3.8) is 0 Å². The third kappa shape index (κ3) is 12.5. The van der Waals surface area contributed by atoms with Crippen LogP contribution in [-0.2, 0) is 23.9 Å². The number of carbonyl (C=O) groups is 4. The van der Waals surface area contributed by atoms with E-state index in [9.17, 15) is 19.2 Å². The van der Waals surface area contributed by atoms with E-state index in [-0.39, 0.29) is 19.3 Å². The van der Waals surface area contributed by atoms with Crippen LogP contribution in [0.25, 0.3) is 0 Å². The van der Waals surface area contributed by atoms with Gasteiger partial charge < -0.3 is 14.6 Å². The van der Waals surface area contributed by atoms with Gasteiger partial charge in [-0.25, -0.2) is 0 Å². The summed E-state index contributed by atoms with van der Waals surface area (Å²) >= 11 is 0. The SMILES string of the molecule is O=CCCCCC(=O)OC(=O)CCCCCC(=O)O. The second-order valence-electron chi connectivity index (χ2n) is 4.21. The van der Waals surface area contributed by atoms with Crippen LogP contribution in [-0.4, -0.2) is 29.3 Å². The molecule has 0 aromatic rings. The molecule has 0 aromatic heterocycles. The monoisotopic (exact) mass is 272 g/mol. The van der Waals surface area contributed by atoms with Gasteiger partial charge in [-0.3, -0.25) is 14.4 Å². The maximum atomic E-state index is 11.2. The minimum atomic E-state index is -0.854. The zero-order valence-corrected chi connectivity index (χ0v) is 10.9. The summed E-state index contributed by atoms with van der Waals surface area (Å²) in [5.74, 6) is -2.00. The minimum absolute atomic E-state index is 0.0880. The Morgan fingerprint density at radius 2 is 1.37 bits per heavy atom. The van der Waals surface area contributed by atoms with Gasteiger partial charge >= 0.3 is 17.9 Å². The lowest BCUT2D eigenvalue weighted by molar-refractivity contribution is -0.159. The summed E-state index contributed by atoms with van der Waals surface area (Å²) in [5, 5.41) is 8.40. The molecule has 0 aliphatic rings. The third-order valence-corrected chi connectivity index (χ3v) is 2.45. The molecule has 0 fully saturated rings. The van der Waals surface area contributed by atoms with Crippen LogP contribution in [0.1, 0.15) is 57.8 Å². The van der Waals surface area contributed by atoms with Crippen LogP contribution in [0.15, 0.2) is 0 Å². The Morgan fingerprint density at radius 3 is 1.89 bits per heavy atom. The van der Waals surface area contributed by atoms with E-state index < -0.39 is 17.9 Å². The van der Waals surface area contributed by atoms with Gasteiger partial charge in [-0.1, -0.05) is 6.42 Å². The molecule has 0 unspecified atom stereocenters. The Labute approximate surface area is 112 Å². The number of unbranched alkanes of at least 4 members (excludes halogenated alkanes) is 4. The van der Waals surface area contributed by atoms with E-state index in [1.165, 1.54) is 0 Å². The van der Waals surface area contributed by atoms with Crippen molar-refractivity contribution < 1.29 is 29.0 Å². The number of aliphatic carboxylic acids is 1. The summed E-state index contributed by atoms with van der Waals surface area (Å²) in [6.07, 6.45) is 4.34. The maximum Gasteiger partial charge on any atom is 0.313 e. The molecule has 19 heavy (non-hydrogen) atoms. The molecule has 0 aliphatic carbocycles. The summed E-state index contributed by atoms with van der Waals surface area (Å²) in [6.45, 7) is 0. The summed E-state index contributed by atoms with van der Waals surface area (Å²) in [4.78, 5) is 42.7. The van der Waals surface area contributed by atoms with Gasteiger partial charge in [0.25, 0.3) is 0 Å². The Balaban J connectivity index is 3.48. The number of hydrogen-bond acceptors (Lipinski definition) is 5. The highest BCUT2D eigenvalue weighted by Gasteiger charge is 2.09. The van der Waals surface area contributed by atoms with Crippen molar-refractivity contribution in [2.45, 2.75) is 57.8 Å². The van der Waals surface area contributed by atoms with Crippen LogP contribution in [0.3, 0.4) is 0 Å². The molecule has 0 saturated heterocycles. The highest BCUT2D eigenvalue weighted by molar-refractivity contribution is 5.85. The zero-order valence-electron chi connectivity index (χ0n) is 10.9. The van der Waals surface area contributed by atoms with Crippen molar-refractivity contribution in [1.29, 1.82) is 0 Å². The molecular formula is C13H20O6. The average molecular weight is 272 g/mol. The molecule has 0 atom stereocenters. The Hall–Kier alpha value is -1.72. The third-order valence-electron chi connectivity index (χ3n) is 2.45. The van der Waals surface area contributed by atoms with Crippen molar-refractivity contribution in [2.75, 3.05) is 0 Å². The Kier molecular flexibility index (Phi) is 10.3. The van der Waals surface area contributed by atoms with Crippen LogP contribution in [0.2, 0.25) is 0 Å². The van der Waals surface area contributed by atoms with Crippen LogP contribution in [0.5, 0.6) is 0 Å². The largest absolute Gasteiger partial charge is 0.481 e. The van der Waals surface area contributed by atoms with E-state index in [1.807, 2.05) is 0 Å². The van der Waals surface area contributed by atoms with E-state index in [0.717, 1.165) is 6.29 Å². The highest BCUT2D eigenvalue weighted by atomic mass is 16.6. The zero-order chi connectivity index (χ0) is 14.5. The number of carbonyl (C=O) groups excluding carboxylic acids is 3. The van der Waals surface area contributed by atoms with Crippen molar-refractivity contribution in [3.8, 4) is 0 Å². The van der Waals surface area contributed by atoms with Gasteiger partial charge in [0, 0.05) is 25.7 Å². The van der Waals surface area contributed by atoms with Crippen molar-refractivity contribution in [2.24, 2.45) is 0 Å². The molecule has 0 radical (unpaired) electrons. The van der Waals surface area contributed by atoms with Gasteiger partial charge in [0.2, 0.25) is 0 Å². The van der Waals surface area contributed by atoms with E-state index in [0.29, 0.717) is 38.5 Å². The van der Waals surface area contributed by atoms with Crippen LogP contribution < -0.4 is 0 Å². The fraction of sp³-hybridized carbons (Fsp3) is 0.692. The quantitative estimate of drug-likeness (QED) is 0.267. The smallest absolute Gasteiger partial charge is 0.313 e. The summed E-state index contributed by atoms with van der Waals surface area (Å²) in [5.41, 5.74) is 0. The van der Waals surface area contributed by atoms with Gasteiger partial charge in [-0.05, 0) is 25.7 Å². The summed E-state index contributed by atoms with van der Waals surface area (Å²) < 4.78 is 4.58. The first-order valence-corrected chi connectivity index (χ1v) is 6.45. The van der Waals surface area contributed by atoms with Gasteiger partial charge in [-0.15, -0.1) is 0 Å². The van der Waals surface area contributed by atoms with Gasteiger partial charge in [0.05, 0.1) is 0 Å². The standard InChI is InChI=1S/C13H20O6/c14-10-6-2-5-9-13(18)19-12(17)8-4-1-3-7-11(15)16/h10H,1-9H2,(H,15,16). The lowest BCUT2D eigenvalue weighted by Crippen LogP contribution is -2.11. The summed E-state index contributed by atoms with van der Waals surface area (Å²) in [6, 6.07) is 0. The molecule has 6 heteroatoms. The number of rotatable bonds is 11. The molecule has 0 amide bonds. The second-order valence-corrected chi connectivity index (χ2v) is 4.21. The maximum absolute atomic E-state index is 11.2. The first-order valence-electron chi connectivity index (χ1n) is 6.45. The molecule has 0 aromatic carbocycles. The fourth-order valence-electron chi connectivity index (χ4n) is 1.45. The van der Waals surface area contributed by atoms with E-state index in [4.69, 9.17) is 5.11 Å². The van der Waals surface area contributed by atoms with Crippen molar-refractivity contribution >= 4 is 24.2 Å². The molecule has 0 saturated carbocycles. The molecule has 0 heterocycles. The van der Waals surface area contributed by atoms with Gasteiger partial charge in [0.1, 0.15) is 6.29 Å². The minimum Gasteiger partial charge on any atom is -0.481 e.